The maximum Gasteiger partial charge on any atom is 0.313 e. The number of amides is 2. The number of likely N-dealkylation sites (tertiary alicyclic amines) is 1. The van der Waals surface area contributed by atoms with Crippen LogP contribution in [-0.4, -0.2) is 69.7 Å². The zero-order valence-electron chi connectivity index (χ0n) is 22.5. The van der Waals surface area contributed by atoms with Crippen molar-refractivity contribution in [3.63, 3.8) is 0 Å². The van der Waals surface area contributed by atoms with Crippen molar-refractivity contribution in [2.24, 2.45) is 11.8 Å². The standard InChI is InChI=1S/C32H34N2O6/c1-31-16-9-4-10-19-39-30(38)26(31)25-28(36)34(24(21-35)23-14-7-3-8-15-23)27-29(37)33(18-11-17-32(25,27)40-31)20-22-12-5-2-6-13-22/h2-3,5-9,11-17,24-27,35H,4,10,18-21H2,1H3/b16-9-/t24-,25+,26-,27?,31+,32+/m1/s1. The number of hydrogen-bond acceptors (Lipinski definition) is 6. The van der Waals surface area contributed by atoms with Crippen LogP contribution in [0.5, 0.6) is 0 Å². The summed E-state index contributed by atoms with van der Waals surface area (Å²) in [6, 6.07) is 17.0. The van der Waals surface area contributed by atoms with Crippen molar-refractivity contribution in [3.8, 4) is 0 Å². The molecule has 8 nitrogen and oxygen atoms in total. The van der Waals surface area contributed by atoms with Crippen LogP contribution in [0.1, 0.15) is 36.9 Å². The van der Waals surface area contributed by atoms with Crippen LogP contribution in [0.3, 0.4) is 0 Å². The van der Waals surface area contributed by atoms with E-state index in [-0.39, 0.29) is 12.5 Å². The molecule has 1 N–H and O–H groups in total. The lowest BCUT2D eigenvalue weighted by atomic mass is 9.74. The number of allylic oxidation sites excluding steroid dienone is 1. The molecule has 8 heteroatoms. The van der Waals surface area contributed by atoms with Crippen LogP contribution in [0.25, 0.3) is 0 Å². The highest BCUT2D eigenvalue weighted by Crippen LogP contribution is 2.58. The molecule has 2 saturated heterocycles. The molecule has 1 unspecified atom stereocenters. The van der Waals surface area contributed by atoms with Crippen molar-refractivity contribution in [1.82, 2.24) is 9.80 Å². The number of ether oxygens (including phenoxy) is 2. The monoisotopic (exact) mass is 542 g/mol. The van der Waals surface area contributed by atoms with Gasteiger partial charge in [0.25, 0.3) is 0 Å². The first kappa shape index (κ1) is 26.5. The van der Waals surface area contributed by atoms with Gasteiger partial charge in [-0.05, 0) is 30.9 Å². The van der Waals surface area contributed by atoms with Gasteiger partial charge in [-0.2, -0.15) is 0 Å². The fourth-order valence-electron chi connectivity index (χ4n) is 6.93. The minimum absolute atomic E-state index is 0.250. The van der Waals surface area contributed by atoms with Crippen LogP contribution in [-0.2, 0) is 30.4 Å². The average molecular weight is 543 g/mol. The van der Waals surface area contributed by atoms with E-state index < -0.39 is 53.6 Å². The number of aliphatic hydroxyl groups is 1. The van der Waals surface area contributed by atoms with Gasteiger partial charge in [0.05, 0.1) is 30.8 Å². The SMILES string of the molecule is C[C@]12/C=C\CCCOC(=O)[C@H]1[C@H]1C(=O)N([C@H](CO)c3ccccc3)C3C(=O)N(Cc4ccccc4)CC=C[C@@]31O2. The van der Waals surface area contributed by atoms with E-state index in [1.165, 1.54) is 4.90 Å². The van der Waals surface area contributed by atoms with Gasteiger partial charge in [0.1, 0.15) is 17.6 Å². The molecule has 2 fully saturated rings. The summed E-state index contributed by atoms with van der Waals surface area (Å²) in [5.74, 6) is -3.13. The predicted octanol–water partition coefficient (Wildman–Crippen LogP) is 3.18. The third kappa shape index (κ3) is 4.17. The van der Waals surface area contributed by atoms with Crippen molar-refractivity contribution >= 4 is 17.8 Å². The normalized spacial score (nSPS) is 33.1. The Morgan fingerprint density at radius 3 is 2.40 bits per heavy atom. The van der Waals surface area contributed by atoms with Gasteiger partial charge >= 0.3 is 5.97 Å². The van der Waals surface area contributed by atoms with Crippen molar-refractivity contribution < 1.29 is 29.0 Å². The minimum Gasteiger partial charge on any atom is -0.465 e. The molecule has 4 aliphatic rings. The Labute approximate surface area is 233 Å². The van der Waals surface area contributed by atoms with Gasteiger partial charge in [0, 0.05) is 13.1 Å². The van der Waals surface area contributed by atoms with E-state index in [0.29, 0.717) is 31.5 Å². The Hall–Kier alpha value is -3.75. The minimum atomic E-state index is -1.41. The van der Waals surface area contributed by atoms with E-state index in [1.54, 1.807) is 11.8 Å². The molecule has 0 bridgehead atoms. The van der Waals surface area contributed by atoms with Crippen LogP contribution >= 0.6 is 0 Å². The third-order valence-corrected chi connectivity index (χ3v) is 8.68. The van der Waals surface area contributed by atoms with Crippen LogP contribution in [0.2, 0.25) is 0 Å². The molecular weight excluding hydrogens is 508 g/mol. The van der Waals surface area contributed by atoms with E-state index in [2.05, 4.69) is 0 Å². The molecule has 4 aliphatic heterocycles. The fourth-order valence-corrected chi connectivity index (χ4v) is 6.93. The second-order valence-electron chi connectivity index (χ2n) is 11.2. The third-order valence-electron chi connectivity index (χ3n) is 8.68. The molecule has 0 saturated carbocycles. The Morgan fingerprint density at radius 1 is 0.950 bits per heavy atom. The van der Waals surface area contributed by atoms with Crippen LogP contribution in [0.15, 0.2) is 85.0 Å². The number of hydrogen-bond donors (Lipinski definition) is 1. The summed E-state index contributed by atoms with van der Waals surface area (Å²) in [5.41, 5.74) is -0.904. The number of rotatable bonds is 5. The number of aliphatic hydroxyl groups excluding tert-OH is 1. The molecule has 4 heterocycles. The number of benzene rings is 2. The van der Waals surface area contributed by atoms with Crippen molar-refractivity contribution in [2.75, 3.05) is 19.8 Å². The number of nitrogens with zero attached hydrogens (tertiary/aromatic N) is 2. The van der Waals surface area contributed by atoms with Gasteiger partial charge < -0.3 is 24.4 Å². The van der Waals surface area contributed by atoms with E-state index >= 15 is 0 Å². The zero-order chi connectivity index (χ0) is 27.9. The first-order valence-electron chi connectivity index (χ1n) is 13.9. The molecule has 2 aromatic carbocycles. The molecule has 0 radical (unpaired) electrons. The first-order chi connectivity index (χ1) is 19.4. The van der Waals surface area contributed by atoms with Crippen LogP contribution < -0.4 is 0 Å². The van der Waals surface area contributed by atoms with E-state index in [0.717, 1.165) is 5.56 Å². The van der Waals surface area contributed by atoms with E-state index in [4.69, 9.17) is 9.47 Å². The van der Waals surface area contributed by atoms with Gasteiger partial charge in [-0.25, -0.2) is 0 Å². The molecule has 0 aliphatic carbocycles. The van der Waals surface area contributed by atoms with Crippen molar-refractivity contribution in [1.29, 1.82) is 0 Å². The van der Waals surface area contributed by atoms with Gasteiger partial charge in [0.15, 0.2) is 0 Å². The molecule has 0 aromatic heterocycles. The van der Waals surface area contributed by atoms with Crippen molar-refractivity contribution in [2.45, 2.75) is 49.6 Å². The molecule has 6 rings (SSSR count). The maximum atomic E-state index is 14.6. The summed E-state index contributed by atoms with van der Waals surface area (Å²) in [5, 5.41) is 10.6. The lowest BCUT2D eigenvalue weighted by Gasteiger charge is -2.40. The Bertz CT molecular complexity index is 1340. The molecule has 1 spiro atoms. The summed E-state index contributed by atoms with van der Waals surface area (Å²) in [7, 11) is 0. The molecule has 2 aromatic rings. The Morgan fingerprint density at radius 2 is 1.68 bits per heavy atom. The largest absolute Gasteiger partial charge is 0.465 e. The Balaban J connectivity index is 1.50. The second-order valence-corrected chi connectivity index (χ2v) is 11.2. The highest BCUT2D eigenvalue weighted by Gasteiger charge is 2.75. The van der Waals surface area contributed by atoms with Crippen molar-refractivity contribution in [3.05, 3.63) is 96.1 Å². The maximum absolute atomic E-state index is 14.6. The average Bonchev–Trinajstić information content (AvgIpc) is 3.32. The lowest BCUT2D eigenvalue weighted by molar-refractivity contribution is -0.161. The summed E-state index contributed by atoms with van der Waals surface area (Å²) in [6.07, 6.45) is 8.89. The zero-order valence-corrected chi connectivity index (χ0v) is 22.5. The van der Waals surface area contributed by atoms with Crippen LogP contribution in [0.4, 0.5) is 0 Å². The smallest absolute Gasteiger partial charge is 0.313 e. The van der Waals surface area contributed by atoms with Gasteiger partial charge in [-0.3, -0.25) is 14.4 Å². The summed E-state index contributed by atoms with van der Waals surface area (Å²) >= 11 is 0. The van der Waals surface area contributed by atoms with Gasteiger partial charge in [-0.1, -0.05) is 85.0 Å². The highest BCUT2D eigenvalue weighted by atomic mass is 16.6. The quantitative estimate of drug-likeness (QED) is 0.461. The highest BCUT2D eigenvalue weighted by molar-refractivity contribution is 5.99. The number of cyclic esters (lactones) is 1. The molecular formula is C32H34N2O6. The molecule has 2 amide bonds. The fraction of sp³-hybridized carbons (Fsp3) is 0.406. The predicted molar refractivity (Wildman–Crippen MR) is 146 cm³/mol. The number of fused-ring (bicyclic) bond motifs is 2. The lowest BCUT2D eigenvalue weighted by Crippen LogP contribution is -2.56. The number of carbonyl (C=O) groups excluding carboxylic acids is 3. The Kier molecular flexibility index (Phi) is 6.84. The first-order valence-corrected chi connectivity index (χ1v) is 13.9. The van der Waals surface area contributed by atoms with Crippen LogP contribution in [0, 0.1) is 11.8 Å². The summed E-state index contributed by atoms with van der Waals surface area (Å²) in [4.78, 5) is 45.9. The molecule has 6 atom stereocenters. The topological polar surface area (TPSA) is 96.4 Å². The van der Waals surface area contributed by atoms with Gasteiger partial charge in [-0.15, -0.1) is 0 Å². The van der Waals surface area contributed by atoms with Gasteiger partial charge in [0.2, 0.25) is 11.8 Å². The number of esters is 1. The van der Waals surface area contributed by atoms with E-state index in [9.17, 15) is 19.5 Å². The van der Waals surface area contributed by atoms with E-state index in [1.807, 2.05) is 85.0 Å². The summed E-state index contributed by atoms with van der Waals surface area (Å²) in [6.45, 7) is 2.33. The number of carbonyl (C=O) groups is 3. The summed E-state index contributed by atoms with van der Waals surface area (Å²) < 4.78 is 12.5. The molecule has 40 heavy (non-hydrogen) atoms. The second kappa shape index (κ2) is 10.3. The molecule has 208 valence electrons.